The smallest absolute Gasteiger partial charge is 0.322 e. The molecule has 0 unspecified atom stereocenters. The fourth-order valence-corrected chi connectivity index (χ4v) is 2.53. The molecule has 6 nitrogen and oxygen atoms in total. The molecule has 0 bridgehead atoms. The van der Waals surface area contributed by atoms with Crippen molar-refractivity contribution >= 4 is 28.7 Å². The average molecular weight is 334 g/mol. The van der Waals surface area contributed by atoms with Gasteiger partial charge in [-0.1, -0.05) is 18.2 Å². The molecular weight excluding hydrogens is 314 g/mol. The maximum atomic E-state index is 12.1. The second kappa shape index (κ2) is 6.68. The first-order chi connectivity index (χ1) is 11.9. The standard InChI is InChI=1S/C19H19N5O/c1-11-9-15-13(3)21-19(22-16(15)10-12(11)2)24-18(20)23-17(25)14-7-5-4-6-8-14/h4-10H,1-3H3,(H3,20,21,22,23,24,25)/p+1. The molecule has 1 heterocycles. The number of carbonyl (C=O) groups is 1. The summed E-state index contributed by atoms with van der Waals surface area (Å²) in [6, 6.07) is 12.9. The van der Waals surface area contributed by atoms with E-state index in [1.54, 1.807) is 24.3 Å². The molecule has 6 heteroatoms. The number of nitrogens with one attached hydrogen (secondary N) is 2. The maximum absolute atomic E-state index is 12.1. The predicted octanol–water partition coefficient (Wildman–Crippen LogP) is 1.01. The number of aromatic nitrogens is 2. The fourth-order valence-electron chi connectivity index (χ4n) is 2.53. The van der Waals surface area contributed by atoms with Gasteiger partial charge in [-0.2, -0.15) is 0 Å². The van der Waals surface area contributed by atoms with E-state index in [0.717, 1.165) is 22.2 Å². The lowest BCUT2D eigenvalue weighted by Crippen LogP contribution is -2.75. The summed E-state index contributed by atoms with van der Waals surface area (Å²) < 4.78 is 0. The monoisotopic (exact) mass is 334 g/mol. The lowest BCUT2D eigenvalue weighted by Gasteiger charge is -2.04. The molecule has 25 heavy (non-hydrogen) atoms. The summed E-state index contributed by atoms with van der Waals surface area (Å²) in [7, 11) is 0. The second-order valence-corrected chi connectivity index (χ2v) is 5.95. The molecule has 0 aliphatic heterocycles. The molecule has 0 saturated heterocycles. The van der Waals surface area contributed by atoms with Crippen LogP contribution in [0.3, 0.4) is 0 Å². The molecular formula is C19H20N5O+. The highest BCUT2D eigenvalue weighted by molar-refractivity contribution is 6.03. The van der Waals surface area contributed by atoms with Crippen molar-refractivity contribution in [2.75, 3.05) is 0 Å². The van der Waals surface area contributed by atoms with Crippen molar-refractivity contribution in [1.29, 1.82) is 0 Å². The van der Waals surface area contributed by atoms with Crippen LogP contribution in [-0.4, -0.2) is 21.8 Å². The molecule has 4 N–H and O–H groups in total. The van der Waals surface area contributed by atoms with Gasteiger partial charge < -0.3 is 5.73 Å². The normalized spacial score (nSPS) is 11.6. The molecule has 0 aliphatic rings. The zero-order chi connectivity index (χ0) is 18.0. The Morgan fingerprint density at radius 3 is 2.44 bits per heavy atom. The molecule has 0 fully saturated rings. The van der Waals surface area contributed by atoms with Gasteiger partial charge in [-0.25, -0.2) is 10.3 Å². The Morgan fingerprint density at radius 2 is 1.72 bits per heavy atom. The summed E-state index contributed by atoms with van der Waals surface area (Å²) in [4.78, 5) is 23.9. The first-order valence-corrected chi connectivity index (χ1v) is 7.95. The first kappa shape index (κ1) is 16.6. The molecule has 0 aliphatic carbocycles. The third kappa shape index (κ3) is 3.63. The van der Waals surface area contributed by atoms with Crippen LogP contribution in [0.5, 0.6) is 0 Å². The van der Waals surface area contributed by atoms with E-state index in [0.29, 0.717) is 11.5 Å². The van der Waals surface area contributed by atoms with E-state index < -0.39 is 0 Å². The minimum atomic E-state index is -0.297. The number of nitrogens with two attached hydrogens (primary N) is 1. The number of nitrogens with zero attached hydrogens (tertiary/aromatic N) is 2. The van der Waals surface area contributed by atoms with Gasteiger partial charge in [0.05, 0.1) is 5.69 Å². The lowest BCUT2D eigenvalue weighted by atomic mass is 10.1. The summed E-state index contributed by atoms with van der Waals surface area (Å²) in [5.41, 5.74) is 10.4. The summed E-state index contributed by atoms with van der Waals surface area (Å²) >= 11 is 0. The molecule has 0 atom stereocenters. The van der Waals surface area contributed by atoms with Crippen molar-refractivity contribution in [3.8, 4) is 0 Å². The van der Waals surface area contributed by atoms with Crippen LogP contribution >= 0.6 is 0 Å². The number of hydrogen-bond acceptors (Lipinski definition) is 3. The van der Waals surface area contributed by atoms with Crippen molar-refractivity contribution < 1.29 is 9.79 Å². The minimum Gasteiger partial charge on any atom is -0.322 e. The fraction of sp³-hybridized carbons (Fsp3) is 0.158. The molecule has 1 aromatic heterocycles. The highest BCUT2D eigenvalue weighted by atomic mass is 16.1. The SMILES string of the molecule is Cc1cc2nc(/[NH+]=C(\N)NC(=O)c3ccccc3)nc(C)c2cc1C. The van der Waals surface area contributed by atoms with Crippen LogP contribution in [0.15, 0.2) is 42.5 Å². The van der Waals surface area contributed by atoms with Gasteiger partial charge in [0.1, 0.15) is 5.52 Å². The Labute approximate surface area is 145 Å². The van der Waals surface area contributed by atoms with Gasteiger partial charge >= 0.3 is 5.95 Å². The Morgan fingerprint density at radius 1 is 1.04 bits per heavy atom. The molecule has 2 aromatic carbocycles. The number of fused-ring (bicyclic) bond motifs is 1. The molecule has 0 saturated carbocycles. The van der Waals surface area contributed by atoms with E-state index in [-0.39, 0.29) is 11.9 Å². The Hall–Kier alpha value is -3.28. The summed E-state index contributed by atoms with van der Waals surface area (Å²) in [5.74, 6) is 0.130. The zero-order valence-corrected chi connectivity index (χ0v) is 14.4. The van der Waals surface area contributed by atoms with Crippen molar-refractivity contribution in [3.05, 3.63) is 64.8 Å². The average Bonchev–Trinajstić information content (AvgIpc) is 2.57. The minimum absolute atomic E-state index is 0.0800. The van der Waals surface area contributed by atoms with Gasteiger partial charge in [0.2, 0.25) is 0 Å². The van der Waals surface area contributed by atoms with Crippen molar-refractivity contribution in [2.45, 2.75) is 20.8 Å². The predicted molar refractivity (Wildman–Crippen MR) is 97.5 cm³/mol. The number of guanidine groups is 1. The van der Waals surface area contributed by atoms with E-state index in [1.165, 1.54) is 5.56 Å². The highest BCUT2D eigenvalue weighted by Crippen LogP contribution is 2.20. The molecule has 1 amide bonds. The van der Waals surface area contributed by atoms with E-state index in [1.807, 2.05) is 26.0 Å². The molecule has 0 spiro atoms. The van der Waals surface area contributed by atoms with Crippen LogP contribution in [0.25, 0.3) is 10.9 Å². The van der Waals surface area contributed by atoms with Crippen LogP contribution in [-0.2, 0) is 0 Å². The third-order valence-corrected chi connectivity index (χ3v) is 4.03. The highest BCUT2D eigenvalue weighted by Gasteiger charge is 2.13. The number of carbonyl (C=O) groups excluding carboxylic acids is 1. The number of rotatable bonds is 2. The van der Waals surface area contributed by atoms with Crippen LogP contribution in [0, 0.1) is 20.8 Å². The van der Waals surface area contributed by atoms with Gasteiger partial charge in [0, 0.05) is 10.9 Å². The topological polar surface area (TPSA) is 94.9 Å². The van der Waals surface area contributed by atoms with E-state index in [4.69, 9.17) is 5.73 Å². The quantitative estimate of drug-likeness (QED) is 0.481. The van der Waals surface area contributed by atoms with Crippen molar-refractivity contribution in [3.63, 3.8) is 0 Å². The van der Waals surface area contributed by atoms with Gasteiger partial charge in [0.25, 0.3) is 11.9 Å². The van der Waals surface area contributed by atoms with Crippen LogP contribution in [0.2, 0.25) is 0 Å². The van der Waals surface area contributed by atoms with Gasteiger partial charge in [0.15, 0.2) is 0 Å². The van der Waals surface area contributed by atoms with Gasteiger partial charge in [-0.05, 0) is 56.2 Å². The third-order valence-electron chi connectivity index (χ3n) is 4.03. The summed E-state index contributed by atoms with van der Waals surface area (Å²) in [6.07, 6.45) is 0. The van der Waals surface area contributed by atoms with Crippen molar-refractivity contribution in [1.82, 2.24) is 15.3 Å². The Bertz CT molecular complexity index is 980. The van der Waals surface area contributed by atoms with Gasteiger partial charge in [-0.3, -0.25) is 4.79 Å². The van der Waals surface area contributed by atoms with Crippen LogP contribution in [0.4, 0.5) is 5.95 Å². The number of benzene rings is 2. The zero-order valence-electron chi connectivity index (χ0n) is 14.4. The molecule has 3 aromatic rings. The van der Waals surface area contributed by atoms with E-state index in [9.17, 15) is 4.79 Å². The second-order valence-electron chi connectivity index (χ2n) is 5.95. The number of aryl methyl sites for hydroxylation is 3. The summed E-state index contributed by atoms with van der Waals surface area (Å²) in [6.45, 7) is 6.02. The van der Waals surface area contributed by atoms with Crippen molar-refractivity contribution in [2.24, 2.45) is 5.73 Å². The first-order valence-electron chi connectivity index (χ1n) is 7.95. The van der Waals surface area contributed by atoms with Gasteiger partial charge in [-0.15, -0.1) is 9.97 Å². The lowest BCUT2D eigenvalue weighted by molar-refractivity contribution is -0.367. The summed E-state index contributed by atoms with van der Waals surface area (Å²) in [5, 5.41) is 3.60. The number of amides is 1. The molecule has 3 rings (SSSR count). The van der Waals surface area contributed by atoms with E-state index >= 15 is 0 Å². The van der Waals surface area contributed by atoms with E-state index in [2.05, 4.69) is 33.3 Å². The molecule has 0 radical (unpaired) electrons. The molecule has 126 valence electrons. The number of hydrogen-bond donors (Lipinski definition) is 3. The Balaban J connectivity index is 1.89. The van der Waals surface area contributed by atoms with Crippen LogP contribution < -0.4 is 16.0 Å². The van der Waals surface area contributed by atoms with Crippen LogP contribution in [0.1, 0.15) is 27.2 Å². The largest absolute Gasteiger partial charge is 0.354 e. The Kier molecular flexibility index (Phi) is 4.43. The maximum Gasteiger partial charge on any atom is 0.354 e.